The number of nitrogens with zero attached hydrogens (tertiary/aromatic N) is 2. The van der Waals surface area contributed by atoms with Gasteiger partial charge in [0.15, 0.2) is 0 Å². The van der Waals surface area contributed by atoms with Crippen LogP contribution >= 0.6 is 22.7 Å². The number of benzene rings is 1. The lowest BCUT2D eigenvalue weighted by Gasteiger charge is -2.31. The molecule has 1 saturated heterocycles. The smallest absolute Gasteiger partial charge is 0.260 e. The van der Waals surface area contributed by atoms with Crippen LogP contribution in [0.5, 0.6) is 0 Å². The van der Waals surface area contributed by atoms with Gasteiger partial charge in [0.2, 0.25) is 0 Å². The molecule has 0 radical (unpaired) electrons. The maximum atomic E-state index is 13.0. The zero-order valence-electron chi connectivity index (χ0n) is 18.0. The molecule has 1 atom stereocenters. The van der Waals surface area contributed by atoms with Crippen molar-refractivity contribution in [2.24, 2.45) is 0 Å². The van der Waals surface area contributed by atoms with Crippen LogP contribution in [-0.4, -0.2) is 47.7 Å². The fourth-order valence-electron chi connectivity index (χ4n) is 4.07. The van der Waals surface area contributed by atoms with Crippen molar-refractivity contribution in [3.63, 3.8) is 0 Å². The van der Waals surface area contributed by atoms with Gasteiger partial charge in [-0.25, -0.2) is 4.98 Å². The molecule has 8 heteroatoms. The van der Waals surface area contributed by atoms with E-state index >= 15 is 0 Å². The minimum absolute atomic E-state index is 0.0708. The van der Waals surface area contributed by atoms with E-state index in [1.807, 2.05) is 11.4 Å². The summed E-state index contributed by atoms with van der Waals surface area (Å²) in [6.45, 7) is 6.89. The molecule has 1 aliphatic rings. The second-order valence-electron chi connectivity index (χ2n) is 8.01. The number of morpholine rings is 1. The maximum Gasteiger partial charge on any atom is 0.260 e. The highest BCUT2D eigenvalue weighted by Gasteiger charge is 2.19. The quantitative estimate of drug-likeness (QED) is 0.428. The molecule has 4 heterocycles. The number of nitrogens with one attached hydrogen (secondary N) is 2. The summed E-state index contributed by atoms with van der Waals surface area (Å²) in [6, 6.07) is 14.8. The largest absolute Gasteiger partial charge is 0.379 e. The summed E-state index contributed by atoms with van der Waals surface area (Å²) in [4.78, 5) is 26.3. The standard InChI is InChI=1S/C24H26N4O2S2/c1-16-7-8-20(32-16)18-15-31-24-22(18)23(29)26-21(27-24)13-25-19(17-5-3-2-4-6-17)14-28-9-11-30-12-10-28/h2-8,15,19,25H,9-14H2,1H3,(H,26,27,29). The Morgan fingerprint density at radius 3 is 2.75 bits per heavy atom. The molecule has 5 rings (SSSR count). The first-order valence-corrected chi connectivity index (χ1v) is 12.5. The highest BCUT2D eigenvalue weighted by Crippen LogP contribution is 2.35. The second kappa shape index (κ2) is 9.64. The number of H-pyrrole nitrogens is 1. The van der Waals surface area contributed by atoms with Crippen LogP contribution in [0, 0.1) is 6.92 Å². The summed E-state index contributed by atoms with van der Waals surface area (Å²) in [6.07, 6.45) is 0. The Labute approximate surface area is 194 Å². The zero-order chi connectivity index (χ0) is 21.9. The second-order valence-corrected chi connectivity index (χ2v) is 10.2. The third kappa shape index (κ3) is 4.69. The van der Waals surface area contributed by atoms with Crippen molar-refractivity contribution in [2.75, 3.05) is 32.8 Å². The summed E-state index contributed by atoms with van der Waals surface area (Å²) < 4.78 is 5.50. The first-order valence-electron chi connectivity index (χ1n) is 10.8. The molecule has 166 valence electrons. The Morgan fingerprint density at radius 2 is 2.00 bits per heavy atom. The van der Waals surface area contributed by atoms with Gasteiger partial charge in [-0.05, 0) is 24.6 Å². The number of aryl methyl sites for hydroxylation is 1. The zero-order valence-corrected chi connectivity index (χ0v) is 19.6. The van der Waals surface area contributed by atoms with E-state index in [-0.39, 0.29) is 11.6 Å². The average Bonchev–Trinajstić information content (AvgIpc) is 3.44. The van der Waals surface area contributed by atoms with E-state index in [0.717, 1.165) is 48.1 Å². The molecule has 0 bridgehead atoms. The molecule has 32 heavy (non-hydrogen) atoms. The van der Waals surface area contributed by atoms with Gasteiger partial charge >= 0.3 is 0 Å². The number of ether oxygens (including phenoxy) is 1. The van der Waals surface area contributed by atoms with Crippen molar-refractivity contribution in [3.05, 3.63) is 74.5 Å². The van der Waals surface area contributed by atoms with Crippen LogP contribution in [0.15, 0.2) is 52.6 Å². The van der Waals surface area contributed by atoms with Crippen LogP contribution in [-0.2, 0) is 11.3 Å². The number of fused-ring (bicyclic) bond motifs is 1. The predicted octanol–water partition coefficient (Wildman–Crippen LogP) is 4.18. The van der Waals surface area contributed by atoms with E-state index in [0.29, 0.717) is 17.8 Å². The third-order valence-electron chi connectivity index (χ3n) is 5.76. The van der Waals surface area contributed by atoms with E-state index in [4.69, 9.17) is 9.72 Å². The Bertz CT molecular complexity index is 1240. The highest BCUT2D eigenvalue weighted by atomic mass is 32.1. The van der Waals surface area contributed by atoms with Gasteiger partial charge in [-0.15, -0.1) is 22.7 Å². The van der Waals surface area contributed by atoms with Gasteiger partial charge in [-0.2, -0.15) is 0 Å². The predicted molar refractivity (Wildman–Crippen MR) is 132 cm³/mol. The summed E-state index contributed by atoms with van der Waals surface area (Å²) in [7, 11) is 0. The molecule has 3 aromatic heterocycles. The van der Waals surface area contributed by atoms with Gasteiger partial charge in [0.1, 0.15) is 10.7 Å². The molecule has 2 N–H and O–H groups in total. The lowest BCUT2D eigenvalue weighted by molar-refractivity contribution is 0.0333. The number of rotatable bonds is 7. The van der Waals surface area contributed by atoms with Crippen LogP contribution in [0.1, 0.15) is 22.3 Å². The Morgan fingerprint density at radius 1 is 1.19 bits per heavy atom. The van der Waals surface area contributed by atoms with Gasteiger partial charge in [-0.1, -0.05) is 30.3 Å². The van der Waals surface area contributed by atoms with Gasteiger partial charge in [0.05, 0.1) is 25.1 Å². The summed E-state index contributed by atoms with van der Waals surface area (Å²) in [5.74, 6) is 0.668. The van der Waals surface area contributed by atoms with Gasteiger partial charge < -0.3 is 15.0 Å². The van der Waals surface area contributed by atoms with Crippen molar-refractivity contribution >= 4 is 32.9 Å². The Balaban J connectivity index is 1.37. The molecule has 0 spiro atoms. The molecule has 1 unspecified atom stereocenters. The molecule has 1 aromatic carbocycles. The fourth-order valence-corrected chi connectivity index (χ4v) is 6.00. The van der Waals surface area contributed by atoms with E-state index < -0.39 is 0 Å². The minimum Gasteiger partial charge on any atom is -0.379 e. The van der Waals surface area contributed by atoms with Crippen LogP contribution in [0.2, 0.25) is 0 Å². The third-order valence-corrected chi connectivity index (χ3v) is 7.67. The normalized spacial score (nSPS) is 15.9. The number of hydrogen-bond acceptors (Lipinski definition) is 7. The molecule has 0 amide bonds. The first kappa shape index (κ1) is 21.5. The summed E-state index contributed by atoms with van der Waals surface area (Å²) in [5.41, 5.74) is 2.14. The van der Waals surface area contributed by atoms with Crippen molar-refractivity contribution in [2.45, 2.75) is 19.5 Å². The van der Waals surface area contributed by atoms with Crippen LogP contribution < -0.4 is 10.9 Å². The van der Waals surface area contributed by atoms with Crippen LogP contribution in [0.3, 0.4) is 0 Å². The number of hydrogen-bond donors (Lipinski definition) is 2. The van der Waals surface area contributed by atoms with E-state index in [1.165, 1.54) is 21.8 Å². The van der Waals surface area contributed by atoms with Crippen LogP contribution in [0.25, 0.3) is 20.7 Å². The van der Waals surface area contributed by atoms with Gasteiger partial charge in [0.25, 0.3) is 5.56 Å². The summed E-state index contributed by atoms with van der Waals surface area (Å²) in [5, 5.41) is 6.36. The number of aromatic nitrogens is 2. The number of thiophene rings is 2. The van der Waals surface area contributed by atoms with Crippen molar-refractivity contribution in [1.29, 1.82) is 0 Å². The molecule has 1 aliphatic heterocycles. The topological polar surface area (TPSA) is 70.2 Å². The van der Waals surface area contributed by atoms with Crippen molar-refractivity contribution in [1.82, 2.24) is 20.2 Å². The molecule has 6 nitrogen and oxygen atoms in total. The Hall–Kier alpha value is -2.36. The maximum absolute atomic E-state index is 13.0. The molecular weight excluding hydrogens is 440 g/mol. The van der Waals surface area contributed by atoms with Crippen molar-refractivity contribution in [3.8, 4) is 10.4 Å². The average molecular weight is 467 g/mol. The summed E-state index contributed by atoms with van der Waals surface area (Å²) >= 11 is 3.23. The first-order chi connectivity index (χ1) is 15.7. The van der Waals surface area contributed by atoms with E-state index in [1.54, 1.807) is 11.3 Å². The highest BCUT2D eigenvalue weighted by molar-refractivity contribution is 7.19. The molecular formula is C24H26N4O2S2. The van der Waals surface area contributed by atoms with Crippen molar-refractivity contribution < 1.29 is 4.74 Å². The van der Waals surface area contributed by atoms with Crippen LogP contribution in [0.4, 0.5) is 0 Å². The molecule has 1 fully saturated rings. The lowest BCUT2D eigenvalue weighted by atomic mass is 10.1. The van der Waals surface area contributed by atoms with E-state index in [9.17, 15) is 4.79 Å². The lowest BCUT2D eigenvalue weighted by Crippen LogP contribution is -2.42. The van der Waals surface area contributed by atoms with E-state index in [2.05, 4.69) is 58.5 Å². The number of aromatic amines is 1. The molecule has 4 aromatic rings. The van der Waals surface area contributed by atoms with Gasteiger partial charge in [0, 0.05) is 46.4 Å². The molecule has 0 saturated carbocycles. The minimum atomic E-state index is -0.0708. The SMILES string of the molecule is Cc1ccc(-c2csc3nc(CNC(CN4CCOCC4)c4ccccc4)[nH]c(=O)c23)s1. The fraction of sp³-hybridized carbons (Fsp3) is 0.333. The molecule has 0 aliphatic carbocycles. The Kier molecular flexibility index (Phi) is 6.47. The van der Waals surface area contributed by atoms with Gasteiger partial charge in [-0.3, -0.25) is 9.69 Å². The monoisotopic (exact) mass is 466 g/mol.